The molecule has 0 fully saturated rings. The third-order valence-electron chi connectivity index (χ3n) is 3.01. The third-order valence-corrected chi connectivity index (χ3v) is 3.01. The minimum atomic E-state index is 0.205. The van der Waals surface area contributed by atoms with Crippen LogP contribution in [-0.2, 0) is 6.54 Å². The SMILES string of the molecule is CCC(C)Oc1nc(C)cc(C)c1CNC(C)C. The Hall–Kier alpha value is -1.09. The molecule has 18 heavy (non-hydrogen) atoms. The van der Waals surface area contributed by atoms with Gasteiger partial charge in [0.2, 0.25) is 5.88 Å². The van der Waals surface area contributed by atoms with E-state index in [1.165, 1.54) is 11.1 Å². The van der Waals surface area contributed by atoms with Crippen molar-refractivity contribution in [3.8, 4) is 5.88 Å². The molecular formula is C15H26N2O. The maximum absolute atomic E-state index is 5.94. The lowest BCUT2D eigenvalue weighted by Gasteiger charge is -2.18. The van der Waals surface area contributed by atoms with Crippen LogP contribution in [0.2, 0.25) is 0 Å². The summed E-state index contributed by atoms with van der Waals surface area (Å²) in [5.74, 6) is 0.787. The van der Waals surface area contributed by atoms with Gasteiger partial charge in [-0.2, -0.15) is 0 Å². The van der Waals surface area contributed by atoms with Crippen molar-refractivity contribution in [3.63, 3.8) is 0 Å². The van der Waals surface area contributed by atoms with E-state index in [0.717, 1.165) is 24.5 Å². The van der Waals surface area contributed by atoms with Gasteiger partial charge in [0.15, 0.2) is 0 Å². The van der Waals surface area contributed by atoms with Crippen molar-refractivity contribution in [2.75, 3.05) is 0 Å². The summed E-state index contributed by atoms with van der Waals surface area (Å²) in [7, 11) is 0. The Morgan fingerprint density at radius 1 is 1.28 bits per heavy atom. The summed E-state index contributed by atoms with van der Waals surface area (Å²) >= 11 is 0. The van der Waals surface area contributed by atoms with E-state index in [-0.39, 0.29) is 6.10 Å². The van der Waals surface area contributed by atoms with E-state index in [9.17, 15) is 0 Å². The van der Waals surface area contributed by atoms with Gasteiger partial charge in [-0.15, -0.1) is 0 Å². The van der Waals surface area contributed by atoms with Gasteiger partial charge in [0.25, 0.3) is 0 Å². The molecule has 1 aromatic rings. The highest BCUT2D eigenvalue weighted by atomic mass is 16.5. The lowest BCUT2D eigenvalue weighted by atomic mass is 10.1. The molecule has 0 aliphatic heterocycles. The highest BCUT2D eigenvalue weighted by molar-refractivity contribution is 5.36. The molecule has 1 rings (SSSR count). The van der Waals surface area contributed by atoms with Crippen LogP contribution in [0.15, 0.2) is 6.07 Å². The Kier molecular flexibility index (Phi) is 5.60. The summed E-state index contributed by atoms with van der Waals surface area (Å²) in [5, 5.41) is 3.43. The second-order valence-corrected chi connectivity index (χ2v) is 5.24. The van der Waals surface area contributed by atoms with Gasteiger partial charge in [0, 0.05) is 23.8 Å². The molecule has 0 spiro atoms. The monoisotopic (exact) mass is 250 g/mol. The Bertz CT molecular complexity index is 388. The largest absolute Gasteiger partial charge is 0.474 e. The van der Waals surface area contributed by atoms with Crippen LogP contribution in [0.5, 0.6) is 5.88 Å². The molecule has 3 heteroatoms. The van der Waals surface area contributed by atoms with E-state index in [1.807, 2.05) is 6.92 Å². The highest BCUT2D eigenvalue weighted by Gasteiger charge is 2.12. The van der Waals surface area contributed by atoms with Gasteiger partial charge in [0.05, 0.1) is 6.10 Å². The molecule has 0 radical (unpaired) electrons. The first-order valence-corrected chi connectivity index (χ1v) is 6.81. The summed E-state index contributed by atoms with van der Waals surface area (Å²) < 4.78 is 5.94. The first-order chi connectivity index (χ1) is 8.43. The van der Waals surface area contributed by atoms with Crippen molar-refractivity contribution in [2.45, 2.75) is 66.7 Å². The molecule has 0 amide bonds. The molecule has 3 nitrogen and oxygen atoms in total. The number of aryl methyl sites for hydroxylation is 2. The van der Waals surface area contributed by atoms with Crippen molar-refractivity contribution in [1.82, 2.24) is 10.3 Å². The normalized spacial score (nSPS) is 12.8. The van der Waals surface area contributed by atoms with Crippen molar-refractivity contribution >= 4 is 0 Å². The summed E-state index contributed by atoms with van der Waals surface area (Å²) in [6, 6.07) is 2.57. The molecule has 0 aliphatic carbocycles. The summed E-state index contributed by atoms with van der Waals surface area (Å²) in [6.07, 6.45) is 1.20. The fraction of sp³-hybridized carbons (Fsp3) is 0.667. The zero-order valence-electron chi connectivity index (χ0n) is 12.5. The molecule has 102 valence electrons. The van der Waals surface area contributed by atoms with Crippen LogP contribution in [-0.4, -0.2) is 17.1 Å². The molecule has 0 saturated carbocycles. The number of aromatic nitrogens is 1. The Labute approximate surface area is 111 Å². The molecule has 1 aromatic heterocycles. The summed E-state index contributed by atoms with van der Waals surface area (Å²) in [4.78, 5) is 4.54. The summed E-state index contributed by atoms with van der Waals surface area (Å²) in [6.45, 7) is 13.4. The molecule has 0 aromatic carbocycles. The Morgan fingerprint density at radius 2 is 1.94 bits per heavy atom. The number of ether oxygens (including phenoxy) is 1. The van der Waals surface area contributed by atoms with E-state index in [0.29, 0.717) is 6.04 Å². The van der Waals surface area contributed by atoms with Crippen LogP contribution in [0, 0.1) is 13.8 Å². The van der Waals surface area contributed by atoms with E-state index in [1.54, 1.807) is 0 Å². The van der Waals surface area contributed by atoms with Crippen LogP contribution in [0.25, 0.3) is 0 Å². The second kappa shape index (κ2) is 6.74. The van der Waals surface area contributed by atoms with Crippen LogP contribution in [0.4, 0.5) is 0 Å². The molecule has 0 aliphatic rings. The lowest BCUT2D eigenvalue weighted by molar-refractivity contribution is 0.205. The molecule has 1 heterocycles. The molecule has 1 N–H and O–H groups in total. The molecule has 1 unspecified atom stereocenters. The molecule has 0 saturated heterocycles. The zero-order valence-corrected chi connectivity index (χ0v) is 12.5. The topological polar surface area (TPSA) is 34.1 Å². The van der Waals surface area contributed by atoms with E-state index in [2.05, 4.69) is 51.0 Å². The minimum absolute atomic E-state index is 0.205. The van der Waals surface area contributed by atoms with Gasteiger partial charge in [-0.25, -0.2) is 4.98 Å². The molecule has 0 bridgehead atoms. The number of nitrogens with one attached hydrogen (secondary N) is 1. The number of nitrogens with zero attached hydrogens (tertiary/aromatic N) is 1. The van der Waals surface area contributed by atoms with Gasteiger partial charge in [-0.3, -0.25) is 0 Å². The van der Waals surface area contributed by atoms with Crippen molar-refractivity contribution in [3.05, 3.63) is 22.9 Å². The maximum Gasteiger partial charge on any atom is 0.218 e. The predicted octanol–water partition coefficient (Wildman–Crippen LogP) is 3.37. The number of pyridine rings is 1. The fourth-order valence-electron chi connectivity index (χ4n) is 1.72. The van der Waals surface area contributed by atoms with Crippen LogP contribution in [0.1, 0.15) is 50.9 Å². The second-order valence-electron chi connectivity index (χ2n) is 5.24. The van der Waals surface area contributed by atoms with Gasteiger partial charge in [-0.1, -0.05) is 20.8 Å². The van der Waals surface area contributed by atoms with Gasteiger partial charge < -0.3 is 10.1 Å². The standard InChI is InChI=1S/C15H26N2O/c1-7-13(6)18-15-14(9-16-10(2)3)11(4)8-12(5)17-15/h8,10,13,16H,7,9H2,1-6H3. The van der Waals surface area contributed by atoms with Gasteiger partial charge >= 0.3 is 0 Å². The van der Waals surface area contributed by atoms with Crippen LogP contribution < -0.4 is 10.1 Å². The Balaban J connectivity index is 2.96. The van der Waals surface area contributed by atoms with E-state index < -0.39 is 0 Å². The lowest BCUT2D eigenvalue weighted by Crippen LogP contribution is -2.24. The van der Waals surface area contributed by atoms with Gasteiger partial charge in [0.1, 0.15) is 0 Å². The average Bonchev–Trinajstić information content (AvgIpc) is 2.27. The quantitative estimate of drug-likeness (QED) is 0.840. The number of rotatable bonds is 6. The van der Waals surface area contributed by atoms with Crippen molar-refractivity contribution in [2.24, 2.45) is 0 Å². The number of hydrogen-bond donors (Lipinski definition) is 1. The first kappa shape index (κ1) is 15.0. The van der Waals surface area contributed by atoms with E-state index >= 15 is 0 Å². The third kappa shape index (κ3) is 4.30. The highest BCUT2D eigenvalue weighted by Crippen LogP contribution is 2.22. The van der Waals surface area contributed by atoms with Crippen molar-refractivity contribution in [1.29, 1.82) is 0 Å². The average molecular weight is 250 g/mol. The molecule has 1 atom stereocenters. The molecular weight excluding hydrogens is 224 g/mol. The summed E-state index contributed by atoms with van der Waals surface area (Å²) in [5.41, 5.74) is 3.43. The smallest absolute Gasteiger partial charge is 0.218 e. The number of hydrogen-bond acceptors (Lipinski definition) is 3. The fourth-order valence-corrected chi connectivity index (χ4v) is 1.72. The van der Waals surface area contributed by atoms with Crippen LogP contribution >= 0.6 is 0 Å². The predicted molar refractivity (Wildman–Crippen MR) is 76.1 cm³/mol. The van der Waals surface area contributed by atoms with Crippen LogP contribution in [0.3, 0.4) is 0 Å². The zero-order chi connectivity index (χ0) is 13.7. The van der Waals surface area contributed by atoms with Gasteiger partial charge in [-0.05, 0) is 38.8 Å². The maximum atomic E-state index is 5.94. The van der Waals surface area contributed by atoms with E-state index in [4.69, 9.17) is 4.74 Å². The van der Waals surface area contributed by atoms with Crippen molar-refractivity contribution < 1.29 is 4.74 Å². The first-order valence-electron chi connectivity index (χ1n) is 6.81. The minimum Gasteiger partial charge on any atom is -0.474 e. The Morgan fingerprint density at radius 3 is 2.50 bits per heavy atom.